The van der Waals surface area contributed by atoms with Gasteiger partial charge in [0.1, 0.15) is 0 Å². The van der Waals surface area contributed by atoms with Crippen molar-refractivity contribution in [2.45, 2.75) is 20.3 Å². The molecule has 1 rings (SSSR count). The fourth-order valence-corrected chi connectivity index (χ4v) is 1.40. The van der Waals surface area contributed by atoms with Crippen molar-refractivity contribution >= 4 is 11.6 Å². The van der Waals surface area contributed by atoms with Crippen molar-refractivity contribution in [1.29, 1.82) is 0 Å². The quantitative estimate of drug-likeness (QED) is 0.719. The van der Waals surface area contributed by atoms with Crippen molar-refractivity contribution in [3.63, 3.8) is 0 Å². The summed E-state index contributed by atoms with van der Waals surface area (Å²) in [5.74, 6) is 0.370. The maximum atomic E-state index is 11.7. The summed E-state index contributed by atoms with van der Waals surface area (Å²) in [5, 5.41) is 2.80. The van der Waals surface area contributed by atoms with Gasteiger partial charge in [-0.15, -0.1) is 0 Å². The second-order valence-electron chi connectivity index (χ2n) is 4.54. The summed E-state index contributed by atoms with van der Waals surface area (Å²) in [5.41, 5.74) is 6.52. The number of nitrogens with two attached hydrogens (primary N) is 1. The number of hydrogen-bond acceptors (Lipinski definition) is 4. The lowest BCUT2D eigenvalue weighted by Crippen LogP contribution is -2.26. The summed E-state index contributed by atoms with van der Waals surface area (Å²) in [4.78, 5) is 15.6. The molecule has 1 aromatic rings. The predicted molar refractivity (Wildman–Crippen MR) is 71.3 cm³/mol. The Bertz CT molecular complexity index is 380. The number of anilines is 1. The minimum Gasteiger partial charge on any atom is -0.397 e. The third-order valence-corrected chi connectivity index (χ3v) is 2.30. The molecule has 0 fully saturated rings. The van der Waals surface area contributed by atoms with E-state index in [1.165, 1.54) is 6.20 Å². The van der Waals surface area contributed by atoms with Crippen LogP contribution in [0.1, 0.15) is 30.6 Å². The number of rotatable bonds is 7. The average Bonchev–Trinajstić information content (AvgIpc) is 2.33. The number of aromatic nitrogens is 1. The number of nitrogens with zero attached hydrogens (tertiary/aromatic N) is 1. The van der Waals surface area contributed by atoms with Crippen molar-refractivity contribution in [3.05, 3.63) is 24.0 Å². The van der Waals surface area contributed by atoms with Crippen LogP contribution in [0.2, 0.25) is 0 Å². The molecule has 0 unspecified atom stereocenters. The molecule has 5 heteroatoms. The first-order valence-corrected chi connectivity index (χ1v) is 6.16. The number of nitrogens with one attached hydrogen (secondary N) is 1. The second kappa shape index (κ2) is 7.66. The van der Waals surface area contributed by atoms with Gasteiger partial charge in [0.25, 0.3) is 5.91 Å². The Kier molecular flexibility index (Phi) is 6.14. The summed E-state index contributed by atoms with van der Waals surface area (Å²) in [6.07, 6.45) is 3.82. The van der Waals surface area contributed by atoms with Gasteiger partial charge in [0.2, 0.25) is 0 Å². The molecular weight excluding hydrogens is 230 g/mol. The van der Waals surface area contributed by atoms with Gasteiger partial charge in [-0.25, -0.2) is 0 Å². The van der Waals surface area contributed by atoms with Crippen LogP contribution in [0.3, 0.4) is 0 Å². The zero-order valence-electron chi connectivity index (χ0n) is 11.0. The normalized spacial score (nSPS) is 10.6. The van der Waals surface area contributed by atoms with Crippen LogP contribution in [0.4, 0.5) is 5.69 Å². The Balaban J connectivity index is 2.20. The largest absolute Gasteiger partial charge is 0.397 e. The van der Waals surface area contributed by atoms with Crippen LogP contribution < -0.4 is 11.1 Å². The molecule has 0 aromatic carbocycles. The van der Waals surface area contributed by atoms with Gasteiger partial charge in [-0.1, -0.05) is 13.8 Å². The SMILES string of the molecule is CC(C)COCCCNC(=O)c1ccncc1N. The first-order chi connectivity index (χ1) is 8.61. The molecule has 100 valence electrons. The summed E-state index contributed by atoms with van der Waals surface area (Å²) in [6, 6.07) is 1.61. The van der Waals surface area contributed by atoms with E-state index in [2.05, 4.69) is 24.1 Å². The average molecular weight is 251 g/mol. The fraction of sp³-hybridized carbons (Fsp3) is 0.538. The smallest absolute Gasteiger partial charge is 0.253 e. The summed E-state index contributed by atoms with van der Waals surface area (Å²) < 4.78 is 5.42. The standard InChI is InChI=1S/C13H21N3O2/c1-10(2)9-18-7-3-5-16-13(17)11-4-6-15-8-12(11)14/h4,6,8,10H,3,5,7,9,14H2,1-2H3,(H,16,17). The van der Waals surface area contributed by atoms with Gasteiger partial charge in [0.05, 0.1) is 17.4 Å². The van der Waals surface area contributed by atoms with Crippen LogP contribution >= 0.6 is 0 Å². The maximum Gasteiger partial charge on any atom is 0.253 e. The molecule has 0 atom stereocenters. The van der Waals surface area contributed by atoms with E-state index in [4.69, 9.17) is 10.5 Å². The topological polar surface area (TPSA) is 77.2 Å². The number of hydrogen-bond donors (Lipinski definition) is 2. The minimum absolute atomic E-state index is 0.168. The van der Waals surface area contributed by atoms with Crippen LogP contribution in [0.15, 0.2) is 18.5 Å². The van der Waals surface area contributed by atoms with E-state index in [0.717, 1.165) is 13.0 Å². The number of amides is 1. The first-order valence-electron chi connectivity index (χ1n) is 6.16. The monoisotopic (exact) mass is 251 g/mol. The molecule has 1 aromatic heterocycles. The summed E-state index contributed by atoms with van der Waals surface area (Å²) in [6.45, 7) is 6.20. The van der Waals surface area contributed by atoms with E-state index >= 15 is 0 Å². The molecule has 0 aliphatic heterocycles. The van der Waals surface area contributed by atoms with Crippen molar-refractivity contribution in [2.24, 2.45) is 5.92 Å². The molecule has 0 saturated heterocycles. The zero-order valence-corrected chi connectivity index (χ0v) is 11.0. The van der Waals surface area contributed by atoms with E-state index in [1.807, 2.05) is 0 Å². The van der Waals surface area contributed by atoms with Gasteiger partial charge in [-0.05, 0) is 18.4 Å². The van der Waals surface area contributed by atoms with Gasteiger partial charge >= 0.3 is 0 Å². The van der Waals surface area contributed by atoms with E-state index in [0.29, 0.717) is 30.3 Å². The van der Waals surface area contributed by atoms with E-state index in [-0.39, 0.29) is 5.91 Å². The molecule has 3 N–H and O–H groups in total. The number of ether oxygens (including phenoxy) is 1. The minimum atomic E-state index is -0.168. The zero-order chi connectivity index (χ0) is 13.4. The Morgan fingerprint density at radius 3 is 3.00 bits per heavy atom. The number of carbonyl (C=O) groups is 1. The number of nitrogen functional groups attached to an aromatic ring is 1. The van der Waals surface area contributed by atoms with E-state index in [1.54, 1.807) is 12.3 Å². The molecule has 0 radical (unpaired) electrons. The Hall–Kier alpha value is -1.62. The molecular formula is C13H21N3O2. The first kappa shape index (κ1) is 14.4. The van der Waals surface area contributed by atoms with Gasteiger partial charge in [-0.3, -0.25) is 9.78 Å². The van der Waals surface area contributed by atoms with Gasteiger partial charge in [0, 0.05) is 26.0 Å². The lowest BCUT2D eigenvalue weighted by atomic mass is 10.2. The molecule has 0 spiro atoms. The Labute approximate surface area is 108 Å². The van der Waals surface area contributed by atoms with E-state index in [9.17, 15) is 4.79 Å². The predicted octanol–water partition coefficient (Wildman–Crippen LogP) is 1.46. The summed E-state index contributed by atoms with van der Waals surface area (Å²) >= 11 is 0. The van der Waals surface area contributed by atoms with Crippen LogP contribution in [0.25, 0.3) is 0 Å². The molecule has 5 nitrogen and oxygen atoms in total. The lowest BCUT2D eigenvalue weighted by molar-refractivity contribution is 0.0925. The van der Waals surface area contributed by atoms with Crippen LogP contribution in [0.5, 0.6) is 0 Å². The van der Waals surface area contributed by atoms with Crippen molar-refractivity contribution in [2.75, 3.05) is 25.5 Å². The van der Waals surface area contributed by atoms with Gasteiger partial charge < -0.3 is 15.8 Å². The van der Waals surface area contributed by atoms with Crippen molar-refractivity contribution in [3.8, 4) is 0 Å². The highest BCUT2D eigenvalue weighted by atomic mass is 16.5. The van der Waals surface area contributed by atoms with Crippen LogP contribution in [-0.4, -0.2) is 30.6 Å². The third-order valence-electron chi connectivity index (χ3n) is 2.30. The maximum absolute atomic E-state index is 11.7. The number of carbonyl (C=O) groups excluding carboxylic acids is 1. The molecule has 0 aliphatic rings. The highest BCUT2D eigenvalue weighted by Gasteiger charge is 2.07. The van der Waals surface area contributed by atoms with Crippen molar-refractivity contribution in [1.82, 2.24) is 10.3 Å². The lowest BCUT2D eigenvalue weighted by Gasteiger charge is -2.08. The molecule has 18 heavy (non-hydrogen) atoms. The van der Waals surface area contributed by atoms with Crippen LogP contribution in [0, 0.1) is 5.92 Å². The van der Waals surface area contributed by atoms with Gasteiger partial charge in [0.15, 0.2) is 0 Å². The Morgan fingerprint density at radius 1 is 1.56 bits per heavy atom. The number of pyridine rings is 1. The third kappa shape index (κ3) is 5.14. The molecule has 0 aliphatic carbocycles. The van der Waals surface area contributed by atoms with E-state index < -0.39 is 0 Å². The highest BCUT2D eigenvalue weighted by Crippen LogP contribution is 2.07. The van der Waals surface area contributed by atoms with Crippen molar-refractivity contribution < 1.29 is 9.53 Å². The molecule has 1 heterocycles. The van der Waals surface area contributed by atoms with Crippen LogP contribution in [-0.2, 0) is 4.74 Å². The Morgan fingerprint density at radius 2 is 2.33 bits per heavy atom. The van der Waals surface area contributed by atoms with Gasteiger partial charge in [-0.2, -0.15) is 0 Å². The molecule has 1 amide bonds. The fourth-order valence-electron chi connectivity index (χ4n) is 1.40. The molecule has 0 saturated carbocycles. The highest BCUT2D eigenvalue weighted by molar-refractivity contribution is 5.98. The summed E-state index contributed by atoms with van der Waals surface area (Å²) in [7, 11) is 0. The molecule has 0 bridgehead atoms. The second-order valence-corrected chi connectivity index (χ2v) is 4.54.